The lowest BCUT2D eigenvalue weighted by molar-refractivity contribution is -0.138. The van der Waals surface area contributed by atoms with Crippen LogP contribution in [-0.2, 0) is 43.2 Å². The fourth-order valence-corrected chi connectivity index (χ4v) is 6.23. The highest BCUT2D eigenvalue weighted by Gasteiger charge is 2.30. The summed E-state index contributed by atoms with van der Waals surface area (Å²) in [5.74, 6) is -2.28. The van der Waals surface area contributed by atoms with Crippen molar-refractivity contribution in [3.8, 4) is 0 Å². The number of carboxylic acid groups (broad SMARTS) is 2. The lowest BCUT2D eigenvalue weighted by atomic mass is 9.98. The number of carboxylic acids is 2. The number of hydrogen-bond donors (Lipinski definition) is 11. The molecule has 0 spiro atoms. The van der Waals surface area contributed by atoms with E-state index in [2.05, 4.69) is 33.8 Å². The number of aliphatic hydroxyl groups excluding tert-OH is 5. The number of nitrogens with one attached hydrogen (secondary N) is 4. The fourth-order valence-electron chi connectivity index (χ4n) is 6.23. The van der Waals surface area contributed by atoms with E-state index < -0.39 is 43.0 Å². The normalized spacial score (nSPS) is 17.8. The SMILES string of the molecule is C=CC1=C(C)/C(=C/c2[nH]c(Cc3[nH]c(/C=C4\NC(=O)C(C)=C4C=C)c(C)c3CCC(=O)O)c(CCC(=O)O)c2C)NC1=O.O=C[C@H](O)[C@@H](O)[C@H](O)[C@H](O)CO. The van der Waals surface area contributed by atoms with Gasteiger partial charge in [-0.1, -0.05) is 25.3 Å². The van der Waals surface area contributed by atoms with E-state index in [4.69, 9.17) is 25.5 Å². The van der Waals surface area contributed by atoms with Crippen molar-refractivity contribution in [2.24, 2.45) is 0 Å². The molecule has 2 aromatic heterocycles. The Balaban J connectivity index is 0.000000583. The average molecular weight is 765 g/mol. The Morgan fingerprint density at radius 3 is 1.60 bits per heavy atom. The molecule has 0 bridgehead atoms. The van der Waals surface area contributed by atoms with Gasteiger partial charge in [-0.2, -0.15) is 0 Å². The van der Waals surface area contributed by atoms with Gasteiger partial charge in [-0.05, 0) is 80.5 Å². The Kier molecular flexibility index (Phi) is 15.2. The molecular weight excluding hydrogens is 716 g/mol. The summed E-state index contributed by atoms with van der Waals surface area (Å²) < 4.78 is 0. The lowest BCUT2D eigenvalue weighted by Crippen LogP contribution is -2.46. The number of rotatable bonds is 17. The van der Waals surface area contributed by atoms with Crippen LogP contribution in [0.5, 0.6) is 0 Å². The van der Waals surface area contributed by atoms with Gasteiger partial charge in [0.15, 0.2) is 6.29 Å². The minimum Gasteiger partial charge on any atom is -0.481 e. The van der Waals surface area contributed by atoms with Crippen LogP contribution < -0.4 is 10.6 Å². The first kappa shape index (κ1) is 43.8. The summed E-state index contributed by atoms with van der Waals surface area (Å²) in [5, 5.41) is 68.1. The van der Waals surface area contributed by atoms with Crippen LogP contribution in [0.15, 0.2) is 59.0 Å². The number of aromatic nitrogens is 2. The maximum Gasteiger partial charge on any atom is 0.303 e. The summed E-state index contributed by atoms with van der Waals surface area (Å²) in [6.07, 6.45) is 0.745. The van der Waals surface area contributed by atoms with Gasteiger partial charge in [0.25, 0.3) is 11.8 Å². The first-order chi connectivity index (χ1) is 25.9. The maximum atomic E-state index is 12.3. The van der Waals surface area contributed by atoms with E-state index in [1.54, 1.807) is 13.0 Å². The number of aldehydes is 1. The molecule has 0 fully saturated rings. The van der Waals surface area contributed by atoms with E-state index in [1.807, 2.05) is 32.9 Å². The van der Waals surface area contributed by atoms with E-state index in [-0.39, 0.29) is 43.8 Å². The van der Waals surface area contributed by atoms with Gasteiger partial charge in [-0.3, -0.25) is 19.2 Å². The van der Waals surface area contributed by atoms with Crippen LogP contribution in [0.1, 0.15) is 71.7 Å². The van der Waals surface area contributed by atoms with Gasteiger partial charge in [0.2, 0.25) is 0 Å². The van der Waals surface area contributed by atoms with Crippen LogP contribution in [0, 0.1) is 13.8 Å². The van der Waals surface area contributed by atoms with Crippen molar-refractivity contribution in [2.45, 2.75) is 84.2 Å². The quantitative estimate of drug-likeness (QED) is 0.101. The second-order valence-electron chi connectivity index (χ2n) is 13.1. The standard InChI is InChI=1S/C33H36N4O6.C6H12O6/c1-7-20-19(6)32(42)37-27(20)14-25-18(5)23(10-12-31(40)41)29(35-25)15-28-22(9-11-30(38)39)17(4)24(34-28)13-26-16(3)21(8-2)33(43)36-26;7-1-3(9)5(11)6(12)4(10)2-8/h7-8,13-14,34-35H,1-2,9-12,15H2,3-6H3,(H,36,43)(H,37,42)(H,38,39)(H,40,41);1,3-6,8-12H,2H2/b26-13-,27-14-;/t;3-,4+,5+,6+/m.0/s1. The molecule has 11 N–H and O–H groups in total. The number of allylic oxidation sites excluding steroid dienone is 2. The van der Waals surface area contributed by atoms with Crippen LogP contribution in [0.4, 0.5) is 0 Å². The highest BCUT2D eigenvalue weighted by molar-refractivity contribution is 6.03. The van der Waals surface area contributed by atoms with Gasteiger partial charge in [0.05, 0.1) is 12.3 Å². The highest BCUT2D eigenvalue weighted by Crippen LogP contribution is 2.31. The van der Waals surface area contributed by atoms with Crippen molar-refractivity contribution >= 4 is 42.2 Å². The number of H-pyrrole nitrogens is 2. The molecule has 2 amide bonds. The predicted molar refractivity (Wildman–Crippen MR) is 201 cm³/mol. The Morgan fingerprint density at radius 1 is 0.709 bits per heavy atom. The summed E-state index contributed by atoms with van der Waals surface area (Å²) in [7, 11) is 0. The Morgan fingerprint density at radius 2 is 1.18 bits per heavy atom. The number of carbonyl (C=O) groups is 5. The third-order valence-corrected chi connectivity index (χ3v) is 9.53. The van der Waals surface area contributed by atoms with E-state index >= 15 is 0 Å². The molecule has 0 radical (unpaired) electrons. The number of aliphatic carboxylic acids is 2. The molecular formula is C39H48N4O12. The molecule has 4 atom stereocenters. The molecule has 2 aliphatic rings. The summed E-state index contributed by atoms with van der Waals surface area (Å²) in [5.41, 5.74) is 10.2. The van der Waals surface area contributed by atoms with Gasteiger partial charge in [0, 0.05) is 64.5 Å². The van der Waals surface area contributed by atoms with Crippen molar-refractivity contribution in [3.05, 3.63) is 104 Å². The summed E-state index contributed by atoms with van der Waals surface area (Å²) in [4.78, 5) is 64.4. The van der Waals surface area contributed by atoms with E-state index in [0.717, 1.165) is 50.6 Å². The number of aliphatic hydroxyl groups is 5. The molecule has 55 heavy (non-hydrogen) atoms. The minimum absolute atomic E-state index is 0.0258. The van der Waals surface area contributed by atoms with Gasteiger partial charge < -0.3 is 61.1 Å². The van der Waals surface area contributed by atoms with Crippen LogP contribution in [0.2, 0.25) is 0 Å². The third kappa shape index (κ3) is 10.3. The molecule has 296 valence electrons. The van der Waals surface area contributed by atoms with E-state index in [1.165, 1.54) is 6.08 Å². The molecule has 0 saturated carbocycles. The van der Waals surface area contributed by atoms with Gasteiger partial charge in [-0.25, -0.2) is 0 Å². The largest absolute Gasteiger partial charge is 0.481 e. The zero-order chi connectivity index (χ0) is 41.3. The van der Waals surface area contributed by atoms with Crippen molar-refractivity contribution in [3.63, 3.8) is 0 Å². The number of amides is 2. The zero-order valence-electron chi connectivity index (χ0n) is 31.0. The topological polar surface area (TPSA) is 283 Å². The maximum absolute atomic E-state index is 12.3. The molecule has 16 heteroatoms. The fraction of sp³-hybridized carbons (Fsp3) is 0.359. The first-order valence-electron chi connectivity index (χ1n) is 17.3. The number of aromatic amines is 2. The smallest absolute Gasteiger partial charge is 0.303 e. The monoisotopic (exact) mass is 764 g/mol. The predicted octanol–water partition coefficient (Wildman–Crippen LogP) is 1.15. The second kappa shape index (κ2) is 19.1. The number of carbonyl (C=O) groups excluding carboxylic acids is 3. The van der Waals surface area contributed by atoms with Crippen LogP contribution in [0.3, 0.4) is 0 Å². The summed E-state index contributed by atoms with van der Waals surface area (Å²) in [6.45, 7) is 14.2. The third-order valence-electron chi connectivity index (χ3n) is 9.53. The summed E-state index contributed by atoms with van der Waals surface area (Å²) in [6, 6.07) is 0. The molecule has 0 unspecified atom stereocenters. The molecule has 2 aromatic rings. The Labute approximate surface area is 317 Å². The molecule has 4 heterocycles. The van der Waals surface area contributed by atoms with Crippen molar-refractivity contribution in [2.75, 3.05) is 6.61 Å². The minimum atomic E-state index is -1.79. The van der Waals surface area contributed by atoms with Crippen LogP contribution in [-0.4, -0.2) is 107 Å². The average Bonchev–Trinajstić information content (AvgIpc) is 3.79. The van der Waals surface area contributed by atoms with E-state index in [9.17, 15) is 34.2 Å². The van der Waals surface area contributed by atoms with Gasteiger partial charge >= 0.3 is 11.9 Å². The second-order valence-corrected chi connectivity index (χ2v) is 13.1. The molecule has 0 aromatic carbocycles. The Bertz CT molecular complexity index is 1990. The van der Waals surface area contributed by atoms with Crippen LogP contribution in [0.25, 0.3) is 12.2 Å². The Hall–Kier alpha value is -5.65. The van der Waals surface area contributed by atoms with Crippen LogP contribution >= 0.6 is 0 Å². The molecule has 0 saturated heterocycles. The molecule has 2 aliphatic heterocycles. The van der Waals surface area contributed by atoms with Crippen molar-refractivity contribution in [1.82, 2.24) is 20.6 Å². The summed E-state index contributed by atoms with van der Waals surface area (Å²) >= 11 is 0. The highest BCUT2D eigenvalue weighted by atomic mass is 16.4. The molecule has 4 rings (SSSR count). The van der Waals surface area contributed by atoms with Gasteiger partial charge in [-0.15, -0.1) is 0 Å². The van der Waals surface area contributed by atoms with Crippen molar-refractivity contribution < 1.29 is 59.7 Å². The molecule has 0 aliphatic carbocycles. The number of hydrogen-bond acceptors (Lipinski definition) is 10. The zero-order valence-corrected chi connectivity index (χ0v) is 31.0. The van der Waals surface area contributed by atoms with E-state index in [0.29, 0.717) is 34.5 Å². The molecule has 16 nitrogen and oxygen atoms in total. The van der Waals surface area contributed by atoms with Crippen molar-refractivity contribution in [1.29, 1.82) is 0 Å². The van der Waals surface area contributed by atoms with Gasteiger partial charge in [0.1, 0.15) is 24.4 Å². The lowest BCUT2D eigenvalue weighted by Gasteiger charge is -2.22. The first-order valence-corrected chi connectivity index (χ1v) is 17.3.